The van der Waals surface area contributed by atoms with Crippen molar-refractivity contribution in [3.63, 3.8) is 0 Å². The quantitative estimate of drug-likeness (QED) is 0.451. The summed E-state index contributed by atoms with van der Waals surface area (Å²) >= 11 is 1.11. The van der Waals surface area contributed by atoms with Crippen LogP contribution in [0.25, 0.3) is 22.4 Å². The normalized spacial score (nSPS) is 11.0. The molecule has 2 amide bonds. The lowest BCUT2D eigenvalue weighted by Crippen LogP contribution is -2.37. The minimum Gasteiger partial charge on any atom is -0.326 e. The Kier molecular flexibility index (Phi) is 5.64. The third kappa shape index (κ3) is 4.17. The first-order valence-corrected chi connectivity index (χ1v) is 10.5. The number of carbonyl (C=O) groups is 2. The third-order valence-corrected chi connectivity index (χ3v) is 5.60. The predicted molar refractivity (Wildman–Crippen MR) is 121 cm³/mol. The average molecular weight is 471 g/mol. The van der Waals surface area contributed by atoms with Crippen LogP contribution in [0.5, 0.6) is 0 Å². The van der Waals surface area contributed by atoms with E-state index in [1.165, 1.54) is 48.6 Å². The van der Waals surface area contributed by atoms with Gasteiger partial charge in [-0.3, -0.25) is 23.5 Å². The van der Waals surface area contributed by atoms with Gasteiger partial charge in [-0.15, -0.1) is 11.3 Å². The van der Waals surface area contributed by atoms with Gasteiger partial charge in [0.1, 0.15) is 12.4 Å². The van der Waals surface area contributed by atoms with Crippen molar-refractivity contribution in [2.24, 2.45) is 14.1 Å². The summed E-state index contributed by atoms with van der Waals surface area (Å²) in [7, 11) is 2.83. The number of halogens is 1. The van der Waals surface area contributed by atoms with Crippen LogP contribution in [0, 0.1) is 5.82 Å². The average Bonchev–Trinajstić information content (AvgIpc) is 3.37. The molecule has 3 heterocycles. The van der Waals surface area contributed by atoms with E-state index in [1.54, 1.807) is 11.4 Å². The van der Waals surface area contributed by atoms with Gasteiger partial charge in [0.15, 0.2) is 16.3 Å². The number of imidazole rings is 1. The number of rotatable bonds is 5. The minimum absolute atomic E-state index is 0.121. The zero-order chi connectivity index (χ0) is 23.9. The number of hydrogen-bond donors (Lipinski definition) is 2. The first kappa shape index (κ1) is 22.1. The number of aromatic nitrogens is 5. The first-order valence-electron chi connectivity index (χ1n) is 9.59. The van der Waals surface area contributed by atoms with E-state index in [2.05, 4.69) is 20.6 Å². The fourth-order valence-electron chi connectivity index (χ4n) is 3.29. The molecule has 13 heteroatoms. The molecule has 33 heavy (non-hydrogen) atoms. The predicted octanol–water partition coefficient (Wildman–Crippen LogP) is 1.29. The Bertz CT molecular complexity index is 1530. The summed E-state index contributed by atoms with van der Waals surface area (Å²) < 4.78 is 18.0. The molecule has 4 rings (SSSR count). The number of nitrogens with one attached hydrogen (secondary N) is 2. The van der Waals surface area contributed by atoms with Gasteiger partial charge in [-0.25, -0.2) is 19.2 Å². The summed E-state index contributed by atoms with van der Waals surface area (Å²) in [5.74, 6) is -1.37. The molecule has 0 saturated heterocycles. The standard InChI is InChI=1S/C20H18FN7O4S/c1-10(29)23-11-4-5-12(13(21)6-11)14-8-33-19(24-14)25-15(30)7-28-9-22-17-16(28)18(31)27(3)20(32)26(17)2/h4-6,8-9H,7H2,1-3H3,(H,23,29)(H,24,25,30). The van der Waals surface area contributed by atoms with Crippen molar-refractivity contribution in [2.45, 2.75) is 13.5 Å². The van der Waals surface area contributed by atoms with Gasteiger partial charge in [0, 0.05) is 37.6 Å². The van der Waals surface area contributed by atoms with Gasteiger partial charge < -0.3 is 15.2 Å². The van der Waals surface area contributed by atoms with E-state index in [4.69, 9.17) is 0 Å². The van der Waals surface area contributed by atoms with Crippen molar-refractivity contribution < 1.29 is 14.0 Å². The Hall–Kier alpha value is -4.13. The summed E-state index contributed by atoms with van der Waals surface area (Å²) in [6.07, 6.45) is 1.31. The summed E-state index contributed by atoms with van der Waals surface area (Å²) in [5, 5.41) is 6.94. The molecule has 0 saturated carbocycles. The van der Waals surface area contributed by atoms with E-state index in [0.717, 1.165) is 15.9 Å². The van der Waals surface area contributed by atoms with Crippen molar-refractivity contribution >= 4 is 45.1 Å². The smallest absolute Gasteiger partial charge is 0.326 e. The molecule has 3 aromatic heterocycles. The lowest BCUT2D eigenvalue weighted by Gasteiger charge is -2.06. The molecule has 0 aliphatic carbocycles. The van der Waals surface area contributed by atoms with Crippen molar-refractivity contribution in [1.82, 2.24) is 23.7 Å². The van der Waals surface area contributed by atoms with Crippen molar-refractivity contribution in [3.05, 3.63) is 56.6 Å². The molecule has 0 fully saturated rings. The second-order valence-corrected chi connectivity index (χ2v) is 8.07. The van der Waals surface area contributed by atoms with Crippen LogP contribution in [0.15, 0.2) is 39.5 Å². The molecular formula is C20H18FN7O4S. The summed E-state index contributed by atoms with van der Waals surface area (Å²) in [6.45, 7) is 1.09. The fourth-order valence-corrected chi connectivity index (χ4v) is 4.02. The highest BCUT2D eigenvalue weighted by atomic mass is 32.1. The lowest BCUT2D eigenvalue weighted by atomic mass is 10.1. The zero-order valence-corrected chi connectivity index (χ0v) is 18.6. The highest BCUT2D eigenvalue weighted by Gasteiger charge is 2.17. The van der Waals surface area contributed by atoms with E-state index >= 15 is 0 Å². The zero-order valence-electron chi connectivity index (χ0n) is 17.7. The molecule has 1 aromatic carbocycles. The van der Waals surface area contributed by atoms with Gasteiger partial charge in [-0.05, 0) is 18.2 Å². The van der Waals surface area contributed by atoms with Gasteiger partial charge in [-0.2, -0.15) is 0 Å². The van der Waals surface area contributed by atoms with Crippen LogP contribution in [0.4, 0.5) is 15.2 Å². The number of amides is 2. The van der Waals surface area contributed by atoms with Crippen molar-refractivity contribution in [3.8, 4) is 11.3 Å². The molecule has 0 radical (unpaired) electrons. The van der Waals surface area contributed by atoms with Gasteiger partial charge >= 0.3 is 5.69 Å². The van der Waals surface area contributed by atoms with Crippen molar-refractivity contribution in [2.75, 3.05) is 10.6 Å². The van der Waals surface area contributed by atoms with E-state index in [9.17, 15) is 23.6 Å². The molecule has 0 atom stereocenters. The second-order valence-electron chi connectivity index (χ2n) is 7.21. The number of hydrogen-bond acceptors (Lipinski definition) is 7. The molecular weight excluding hydrogens is 453 g/mol. The number of nitrogens with zero attached hydrogens (tertiary/aromatic N) is 5. The maximum atomic E-state index is 14.4. The number of benzene rings is 1. The van der Waals surface area contributed by atoms with Crippen LogP contribution >= 0.6 is 11.3 Å². The Morgan fingerprint density at radius 3 is 2.61 bits per heavy atom. The van der Waals surface area contributed by atoms with Gasteiger partial charge in [0.2, 0.25) is 11.8 Å². The molecule has 4 aromatic rings. The molecule has 0 bridgehead atoms. The number of anilines is 2. The molecule has 0 aliphatic heterocycles. The van der Waals surface area contributed by atoms with Gasteiger partial charge in [0.25, 0.3) is 5.56 Å². The summed E-state index contributed by atoms with van der Waals surface area (Å²) in [5.41, 5.74) is 0.0678. The van der Waals surface area contributed by atoms with E-state index < -0.39 is 23.0 Å². The maximum absolute atomic E-state index is 14.4. The van der Waals surface area contributed by atoms with E-state index in [1.807, 2.05) is 0 Å². The molecule has 170 valence electrons. The van der Waals surface area contributed by atoms with Crippen LogP contribution in [-0.4, -0.2) is 35.5 Å². The maximum Gasteiger partial charge on any atom is 0.332 e. The van der Waals surface area contributed by atoms with Gasteiger partial charge in [-0.1, -0.05) is 0 Å². The van der Waals surface area contributed by atoms with Crippen LogP contribution < -0.4 is 21.9 Å². The second kappa shape index (κ2) is 8.43. The molecule has 0 spiro atoms. The van der Waals surface area contributed by atoms with Crippen molar-refractivity contribution in [1.29, 1.82) is 0 Å². The monoisotopic (exact) mass is 471 g/mol. The largest absolute Gasteiger partial charge is 0.332 e. The summed E-state index contributed by atoms with van der Waals surface area (Å²) in [4.78, 5) is 56.5. The van der Waals surface area contributed by atoms with Gasteiger partial charge in [0.05, 0.1) is 12.0 Å². The number of aryl methyl sites for hydroxylation is 1. The lowest BCUT2D eigenvalue weighted by molar-refractivity contribution is -0.116. The molecule has 2 N–H and O–H groups in total. The van der Waals surface area contributed by atoms with E-state index in [-0.39, 0.29) is 34.3 Å². The first-order chi connectivity index (χ1) is 15.7. The van der Waals surface area contributed by atoms with Crippen LogP contribution in [0.3, 0.4) is 0 Å². The highest BCUT2D eigenvalue weighted by molar-refractivity contribution is 7.14. The Balaban J connectivity index is 1.53. The fraction of sp³-hybridized carbons (Fsp3) is 0.200. The Morgan fingerprint density at radius 1 is 1.15 bits per heavy atom. The van der Waals surface area contributed by atoms with E-state index in [0.29, 0.717) is 11.4 Å². The summed E-state index contributed by atoms with van der Waals surface area (Å²) in [6, 6.07) is 4.22. The highest BCUT2D eigenvalue weighted by Crippen LogP contribution is 2.28. The molecule has 0 aliphatic rings. The minimum atomic E-state index is -0.573. The van der Waals surface area contributed by atoms with Crippen LogP contribution in [0.2, 0.25) is 0 Å². The Labute approximate surface area is 189 Å². The van der Waals surface area contributed by atoms with Crippen LogP contribution in [0.1, 0.15) is 6.92 Å². The Morgan fingerprint density at radius 2 is 1.91 bits per heavy atom. The number of carbonyl (C=O) groups excluding carboxylic acids is 2. The molecule has 11 nitrogen and oxygen atoms in total. The molecule has 0 unspecified atom stereocenters. The SMILES string of the molecule is CC(=O)Nc1ccc(-c2csc(NC(=O)Cn3cnc4c3c(=O)n(C)c(=O)n4C)n2)c(F)c1. The third-order valence-electron chi connectivity index (χ3n) is 4.85. The number of thiazole rings is 1. The number of fused-ring (bicyclic) bond motifs is 1. The van der Waals surface area contributed by atoms with Crippen LogP contribution in [-0.2, 0) is 30.2 Å². The topological polar surface area (TPSA) is 133 Å².